The van der Waals surface area contributed by atoms with E-state index in [4.69, 9.17) is 4.74 Å². The van der Waals surface area contributed by atoms with Gasteiger partial charge in [0.1, 0.15) is 11.6 Å². The van der Waals surface area contributed by atoms with Crippen molar-refractivity contribution in [3.05, 3.63) is 101 Å². The highest BCUT2D eigenvalue weighted by Crippen LogP contribution is 2.25. The highest BCUT2D eigenvalue weighted by Gasteiger charge is 2.17. The van der Waals surface area contributed by atoms with Gasteiger partial charge in [-0.25, -0.2) is 9.37 Å². The fourth-order valence-electron chi connectivity index (χ4n) is 3.39. The Bertz CT molecular complexity index is 1400. The second kappa shape index (κ2) is 10.1. The van der Waals surface area contributed by atoms with Crippen LogP contribution in [-0.2, 0) is 11.3 Å². The molecule has 4 rings (SSSR count). The number of para-hydroxylation sites is 1. The number of hydrogen-bond acceptors (Lipinski definition) is 5. The number of hydrogen-bond donors (Lipinski definition) is 1. The van der Waals surface area contributed by atoms with Crippen LogP contribution in [0.25, 0.3) is 17.0 Å². The summed E-state index contributed by atoms with van der Waals surface area (Å²) in [6.45, 7) is 3.87. The minimum absolute atomic E-state index is 0.0617. The van der Waals surface area contributed by atoms with Gasteiger partial charge in [0.05, 0.1) is 23.6 Å². The van der Waals surface area contributed by atoms with Crippen molar-refractivity contribution in [1.82, 2.24) is 19.9 Å². The van der Waals surface area contributed by atoms with Crippen molar-refractivity contribution in [2.24, 2.45) is 0 Å². The highest BCUT2D eigenvalue weighted by atomic mass is 19.1. The molecule has 0 fully saturated rings. The molecule has 0 spiro atoms. The molecule has 4 aromatic rings. The Labute approximate surface area is 195 Å². The molecule has 0 aliphatic carbocycles. The van der Waals surface area contributed by atoms with Crippen LogP contribution in [-0.4, -0.2) is 31.8 Å². The van der Waals surface area contributed by atoms with E-state index in [1.165, 1.54) is 30.5 Å². The lowest BCUT2D eigenvalue weighted by atomic mass is 10.2. The SMILES string of the molecule is CC(C)N(Cc1nc2ccccc2c(=O)[nH]1)C(=O)/C=C/c1ccc(Oc2cccnc2)c(F)c1. The first-order valence-corrected chi connectivity index (χ1v) is 10.7. The van der Waals surface area contributed by atoms with E-state index in [1.54, 1.807) is 53.6 Å². The standard InChI is InChI=1S/C26H23FN4O3/c1-17(2)31(16-24-29-22-8-4-3-7-20(22)26(33)30-24)25(32)12-10-18-9-11-23(21(27)14-18)34-19-6-5-13-28-15-19/h3-15,17H,16H2,1-2H3,(H,29,30,33)/b12-10+. The molecule has 0 atom stereocenters. The predicted molar refractivity (Wildman–Crippen MR) is 128 cm³/mol. The number of carbonyl (C=O) groups is 1. The first-order valence-electron chi connectivity index (χ1n) is 10.7. The first kappa shape index (κ1) is 22.8. The van der Waals surface area contributed by atoms with Gasteiger partial charge in [-0.3, -0.25) is 14.6 Å². The third kappa shape index (κ3) is 5.35. The zero-order valence-electron chi connectivity index (χ0n) is 18.7. The third-order valence-electron chi connectivity index (χ3n) is 5.12. The van der Waals surface area contributed by atoms with Gasteiger partial charge in [0.2, 0.25) is 5.91 Å². The Morgan fingerprint density at radius 3 is 2.74 bits per heavy atom. The molecule has 7 nitrogen and oxygen atoms in total. The molecule has 1 N–H and O–H groups in total. The second-order valence-corrected chi connectivity index (χ2v) is 7.90. The topological polar surface area (TPSA) is 88.2 Å². The molecular weight excluding hydrogens is 435 g/mol. The largest absolute Gasteiger partial charge is 0.453 e. The lowest BCUT2D eigenvalue weighted by molar-refractivity contribution is -0.128. The lowest BCUT2D eigenvalue weighted by Crippen LogP contribution is -2.36. The summed E-state index contributed by atoms with van der Waals surface area (Å²) in [4.78, 5) is 38.0. The Hall–Kier alpha value is -4.33. The second-order valence-electron chi connectivity index (χ2n) is 7.90. The quantitative estimate of drug-likeness (QED) is 0.406. The smallest absolute Gasteiger partial charge is 0.258 e. The van der Waals surface area contributed by atoms with Gasteiger partial charge >= 0.3 is 0 Å². The Morgan fingerprint density at radius 2 is 2.00 bits per heavy atom. The molecule has 2 heterocycles. The average molecular weight is 458 g/mol. The van der Waals surface area contributed by atoms with Crippen LogP contribution in [0.1, 0.15) is 25.2 Å². The van der Waals surface area contributed by atoms with Crippen molar-refractivity contribution < 1.29 is 13.9 Å². The molecular formula is C26H23FN4O3. The molecule has 0 bridgehead atoms. The van der Waals surface area contributed by atoms with Crippen LogP contribution >= 0.6 is 0 Å². The van der Waals surface area contributed by atoms with Crippen LogP contribution in [0.15, 0.2) is 77.9 Å². The maximum absolute atomic E-state index is 14.5. The molecule has 0 saturated carbocycles. The van der Waals surface area contributed by atoms with E-state index in [0.717, 1.165) is 0 Å². The lowest BCUT2D eigenvalue weighted by Gasteiger charge is -2.25. The van der Waals surface area contributed by atoms with Gasteiger partial charge in [-0.2, -0.15) is 0 Å². The number of rotatable bonds is 7. The molecule has 8 heteroatoms. The summed E-state index contributed by atoms with van der Waals surface area (Å²) < 4.78 is 20.0. The fourth-order valence-corrected chi connectivity index (χ4v) is 3.39. The van der Waals surface area contributed by atoms with E-state index in [9.17, 15) is 14.0 Å². The molecule has 0 unspecified atom stereocenters. The third-order valence-corrected chi connectivity index (χ3v) is 5.12. The predicted octanol–water partition coefficient (Wildman–Crippen LogP) is 4.70. The number of carbonyl (C=O) groups excluding carboxylic acids is 1. The van der Waals surface area contributed by atoms with Crippen LogP contribution < -0.4 is 10.3 Å². The molecule has 0 saturated heterocycles. The van der Waals surface area contributed by atoms with Crippen LogP contribution in [0.5, 0.6) is 11.5 Å². The number of nitrogens with zero attached hydrogens (tertiary/aromatic N) is 3. The van der Waals surface area contributed by atoms with Gasteiger partial charge in [-0.05, 0) is 61.9 Å². The molecule has 1 amide bonds. The Balaban J connectivity index is 1.49. The number of H-pyrrole nitrogens is 1. The van der Waals surface area contributed by atoms with Crippen molar-refractivity contribution in [3.63, 3.8) is 0 Å². The zero-order chi connectivity index (χ0) is 24.1. The van der Waals surface area contributed by atoms with Crippen molar-refractivity contribution in [3.8, 4) is 11.5 Å². The maximum atomic E-state index is 14.5. The molecule has 172 valence electrons. The number of halogens is 1. The van der Waals surface area contributed by atoms with Crippen molar-refractivity contribution in [2.75, 3.05) is 0 Å². The van der Waals surface area contributed by atoms with Gasteiger partial charge in [0.15, 0.2) is 11.6 Å². The van der Waals surface area contributed by atoms with Crippen molar-refractivity contribution in [1.29, 1.82) is 0 Å². The van der Waals surface area contributed by atoms with Crippen molar-refractivity contribution in [2.45, 2.75) is 26.4 Å². The van der Waals surface area contributed by atoms with E-state index in [-0.39, 0.29) is 29.8 Å². The summed E-state index contributed by atoms with van der Waals surface area (Å²) >= 11 is 0. The Kier molecular flexibility index (Phi) is 6.77. The highest BCUT2D eigenvalue weighted by molar-refractivity contribution is 5.92. The molecule has 0 radical (unpaired) electrons. The molecule has 2 aromatic heterocycles. The van der Waals surface area contributed by atoms with Crippen LogP contribution in [0.4, 0.5) is 4.39 Å². The van der Waals surface area contributed by atoms with E-state index in [1.807, 2.05) is 13.8 Å². The van der Waals surface area contributed by atoms with Crippen LogP contribution in [0.3, 0.4) is 0 Å². The zero-order valence-corrected chi connectivity index (χ0v) is 18.7. The monoisotopic (exact) mass is 458 g/mol. The van der Waals surface area contributed by atoms with Crippen LogP contribution in [0.2, 0.25) is 0 Å². The van der Waals surface area contributed by atoms with Gasteiger partial charge < -0.3 is 14.6 Å². The minimum Gasteiger partial charge on any atom is -0.453 e. The number of aromatic amines is 1. The molecule has 0 aliphatic heterocycles. The first-order chi connectivity index (χ1) is 16.4. The van der Waals surface area contributed by atoms with Gasteiger partial charge in [-0.1, -0.05) is 18.2 Å². The number of fused-ring (bicyclic) bond motifs is 1. The van der Waals surface area contributed by atoms with Gasteiger partial charge in [0, 0.05) is 18.3 Å². The summed E-state index contributed by atoms with van der Waals surface area (Å²) in [5, 5.41) is 0.492. The molecule has 0 aliphatic rings. The maximum Gasteiger partial charge on any atom is 0.258 e. The van der Waals surface area contributed by atoms with E-state index in [0.29, 0.717) is 28.0 Å². The summed E-state index contributed by atoms with van der Waals surface area (Å²) in [7, 11) is 0. The van der Waals surface area contributed by atoms with Crippen molar-refractivity contribution >= 4 is 22.9 Å². The van der Waals surface area contributed by atoms with Gasteiger partial charge in [-0.15, -0.1) is 0 Å². The minimum atomic E-state index is -0.558. The van der Waals surface area contributed by atoms with Gasteiger partial charge in [0.25, 0.3) is 5.56 Å². The number of benzene rings is 2. The number of aromatic nitrogens is 3. The normalized spacial score (nSPS) is 11.3. The number of nitrogens with one attached hydrogen (secondary N) is 1. The number of ether oxygens (including phenoxy) is 1. The molecule has 34 heavy (non-hydrogen) atoms. The number of pyridine rings is 1. The number of amides is 1. The molecule has 2 aromatic carbocycles. The van der Waals surface area contributed by atoms with Crippen LogP contribution in [0, 0.1) is 5.82 Å². The Morgan fingerprint density at radius 1 is 1.18 bits per heavy atom. The summed E-state index contributed by atoms with van der Waals surface area (Å²) in [6, 6.07) is 14.7. The van der Waals surface area contributed by atoms with E-state index >= 15 is 0 Å². The fraction of sp³-hybridized carbons (Fsp3) is 0.154. The summed E-state index contributed by atoms with van der Waals surface area (Å²) in [5.41, 5.74) is 0.818. The van der Waals surface area contributed by atoms with E-state index in [2.05, 4.69) is 15.0 Å². The average Bonchev–Trinajstić information content (AvgIpc) is 2.83. The summed E-state index contributed by atoms with van der Waals surface area (Å²) in [5.74, 6) is 0.0282. The van der Waals surface area contributed by atoms with E-state index < -0.39 is 5.82 Å². The summed E-state index contributed by atoms with van der Waals surface area (Å²) in [6.07, 6.45) is 5.99.